The molecule has 0 heterocycles. The minimum atomic E-state index is -2.54. The lowest BCUT2D eigenvalue weighted by molar-refractivity contribution is -0.137. The summed E-state index contributed by atoms with van der Waals surface area (Å²) in [7, 11) is -2.54. The molecular formula is C7H12O5P+. The van der Waals surface area contributed by atoms with Crippen molar-refractivity contribution in [1.29, 1.82) is 0 Å². The molecule has 74 valence electrons. The van der Waals surface area contributed by atoms with Gasteiger partial charge in [-0.05, 0) is 6.92 Å². The van der Waals surface area contributed by atoms with E-state index in [9.17, 15) is 9.36 Å². The molecule has 0 aliphatic heterocycles. The van der Waals surface area contributed by atoms with Crippen LogP contribution in [0.4, 0.5) is 0 Å². The summed E-state index contributed by atoms with van der Waals surface area (Å²) >= 11 is 0. The van der Waals surface area contributed by atoms with Crippen molar-refractivity contribution in [3.63, 3.8) is 0 Å². The first-order valence-corrected chi connectivity index (χ1v) is 4.88. The molecular weight excluding hydrogens is 195 g/mol. The first-order valence-electron chi connectivity index (χ1n) is 3.75. The summed E-state index contributed by atoms with van der Waals surface area (Å²) in [6.07, 6.45) is 3.28. The second-order valence-corrected chi connectivity index (χ2v) is 2.83. The van der Waals surface area contributed by atoms with Crippen molar-refractivity contribution in [1.82, 2.24) is 0 Å². The number of ether oxygens (including phenoxy) is 1. The van der Waals surface area contributed by atoms with Gasteiger partial charge in [-0.1, -0.05) is 6.08 Å². The van der Waals surface area contributed by atoms with Gasteiger partial charge in [0.2, 0.25) is 0 Å². The highest BCUT2D eigenvalue weighted by atomic mass is 31.1. The molecule has 0 saturated carbocycles. The van der Waals surface area contributed by atoms with Crippen molar-refractivity contribution in [3.8, 4) is 0 Å². The van der Waals surface area contributed by atoms with Gasteiger partial charge in [0.05, 0.1) is 6.61 Å². The van der Waals surface area contributed by atoms with E-state index in [2.05, 4.69) is 9.26 Å². The Bertz CT molecular complexity index is 201. The molecule has 0 aliphatic rings. The fraction of sp³-hybridized carbons (Fsp3) is 0.571. The molecule has 0 aliphatic carbocycles. The molecule has 0 radical (unpaired) electrons. The van der Waals surface area contributed by atoms with Crippen LogP contribution in [0.15, 0.2) is 12.2 Å². The number of esters is 1. The smallest absolute Gasteiger partial charge is 0.462 e. The Kier molecular flexibility index (Phi) is 7.39. The van der Waals surface area contributed by atoms with Gasteiger partial charge in [0.25, 0.3) is 0 Å². The molecule has 0 spiro atoms. The Morgan fingerprint density at radius 1 is 1.54 bits per heavy atom. The third-order valence-corrected chi connectivity index (χ3v) is 1.44. The van der Waals surface area contributed by atoms with Crippen LogP contribution in [0, 0.1) is 0 Å². The molecule has 1 unspecified atom stereocenters. The predicted octanol–water partition coefficient (Wildman–Crippen LogP) is 1.16. The van der Waals surface area contributed by atoms with E-state index < -0.39 is 14.2 Å². The topological polar surface area (TPSA) is 72.8 Å². The number of rotatable bonds is 6. The standard InChI is InChI=1S/C7H11O5P/c1-2-4-7(8)11-5-3-6-12-13(9)10/h2,4H,3,5-6H2,1H3/p+1. The predicted molar refractivity (Wildman–Crippen MR) is 46.2 cm³/mol. The lowest BCUT2D eigenvalue weighted by Crippen LogP contribution is -2.03. The Morgan fingerprint density at radius 2 is 2.23 bits per heavy atom. The quantitative estimate of drug-likeness (QED) is 0.306. The van der Waals surface area contributed by atoms with Gasteiger partial charge in [-0.15, -0.1) is 9.42 Å². The minimum absolute atomic E-state index is 0.106. The molecule has 0 aromatic heterocycles. The number of carbonyl (C=O) groups excluding carboxylic acids is 1. The van der Waals surface area contributed by atoms with Crippen molar-refractivity contribution >= 4 is 14.2 Å². The largest absolute Gasteiger partial charge is 0.694 e. The molecule has 0 saturated heterocycles. The van der Waals surface area contributed by atoms with Crippen LogP contribution in [0.3, 0.4) is 0 Å². The summed E-state index contributed by atoms with van der Waals surface area (Å²) < 4.78 is 19.0. The Balaban J connectivity index is 3.25. The monoisotopic (exact) mass is 207 g/mol. The van der Waals surface area contributed by atoms with Crippen molar-refractivity contribution in [2.24, 2.45) is 0 Å². The summed E-state index contributed by atoms with van der Waals surface area (Å²) in [5, 5.41) is 0. The molecule has 0 aromatic carbocycles. The van der Waals surface area contributed by atoms with Crippen molar-refractivity contribution in [2.75, 3.05) is 13.2 Å². The third-order valence-electron chi connectivity index (χ3n) is 1.04. The molecule has 1 atom stereocenters. The number of carbonyl (C=O) groups is 1. The van der Waals surface area contributed by atoms with E-state index in [0.29, 0.717) is 6.42 Å². The van der Waals surface area contributed by atoms with E-state index in [-0.39, 0.29) is 13.2 Å². The van der Waals surface area contributed by atoms with E-state index >= 15 is 0 Å². The Hall–Kier alpha value is -0.770. The zero-order valence-corrected chi connectivity index (χ0v) is 8.20. The van der Waals surface area contributed by atoms with Crippen LogP contribution in [0.2, 0.25) is 0 Å². The normalized spacial score (nSPS) is 11.7. The van der Waals surface area contributed by atoms with Crippen LogP contribution >= 0.6 is 8.25 Å². The van der Waals surface area contributed by atoms with E-state index in [1.165, 1.54) is 6.08 Å². The van der Waals surface area contributed by atoms with E-state index in [1.807, 2.05) is 0 Å². The zero-order valence-electron chi connectivity index (χ0n) is 7.30. The van der Waals surface area contributed by atoms with Gasteiger partial charge < -0.3 is 4.74 Å². The minimum Gasteiger partial charge on any atom is -0.462 e. The van der Waals surface area contributed by atoms with Crippen LogP contribution in [0.5, 0.6) is 0 Å². The molecule has 13 heavy (non-hydrogen) atoms. The van der Waals surface area contributed by atoms with Crippen LogP contribution in [0.1, 0.15) is 13.3 Å². The SMILES string of the molecule is CC=CC(=O)OCCCO[P+](=O)O. The Labute approximate surface area is 77.3 Å². The summed E-state index contributed by atoms with van der Waals surface area (Å²) in [6.45, 7) is 2.00. The van der Waals surface area contributed by atoms with Crippen LogP contribution < -0.4 is 0 Å². The van der Waals surface area contributed by atoms with Gasteiger partial charge in [-0.3, -0.25) is 0 Å². The van der Waals surface area contributed by atoms with E-state index in [0.717, 1.165) is 0 Å². The molecule has 0 bridgehead atoms. The summed E-state index contributed by atoms with van der Waals surface area (Å²) in [5.41, 5.74) is 0. The van der Waals surface area contributed by atoms with E-state index in [1.54, 1.807) is 13.0 Å². The van der Waals surface area contributed by atoms with Crippen LogP contribution in [-0.4, -0.2) is 24.1 Å². The first-order chi connectivity index (χ1) is 6.16. The van der Waals surface area contributed by atoms with Gasteiger partial charge in [0, 0.05) is 17.1 Å². The fourth-order valence-electron chi connectivity index (χ4n) is 0.559. The molecule has 0 rings (SSSR count). The van der Waals surface area contributed by atoms with Crippen molar-refractivity contribution in [3.05, 3.63) is 12.2 Å². The molecule has 5 nitrogen and oxygen atoms in total. The maximum Gasteiger partial charge on any atom is 0.694 e. The van der Waals surface area contributed by atoms with Crippen LogP contribution in [-0.2, 0) is 18.6 Å². The second kappa shape index (κ2) is 7.86. The summed E-state index contributed by atoms with van der Waals surface area (Å²) in [6, 6.07) is 0. The van der Waals surface area contributed by atoms with Gasteiger partial charge in [-0.25, -0.2) is 4.79 Å². The first kappa shape index (κ1) is 12.2. The second-order valence-electron chi connectivity index (χ2n) is 2.09. The summed E-state index contributed by atoms with van der Waals surface area (Å²) in [5.74, 6) is -0.420. The van der Waals surface area contributed by atoms with Gasteiger partial charge in [0.15, 0.2) is 0 Å². The highest BCUT2D eigenvalue weighted by molar-refractivity contribution is 7.32. The highest BCUT2D eigenvalue weighted by Crippen LogP contribution is 2.13. The summed E-state index contributed by atoms with van der Waals surface area (Å²) in [4.78, 5) is 18.9. The molecule has 0 amide bonds. The lowest BCUT2D eigenvalue weighted by Gasteiger charge is -1.97. The molecule has 0 aromatic rings. The molecule has 6 heteroatoms. The van der Waals surface area contributed by atoms with Gasteiger partial charge in [0.1, 0.15) is 6.61 Å². The van der Waals surface area contributed by atoms with Gasteiger partial charge >= 0.3 is 14.2 Å². The van der Waals surface area contributed by atoms with Crippen molar-refractivity contribution in [2.45, 2.75) is 13.3 Å². The van der Waals surface area contributed by atoms with Crippen LogP contribution in [0.25, 0.3) is 0 Å². The maximum atomic E-state index is 10.7. The zero-order chi connectivity index (χ0) is 10.1. The van der Waals surface area contributed by atoms with Crippen molar-refractivity contribution < 1.29 is 23.5 Å². The number of hydrogen-bond acceptors (Lipinski definition) is 4. The maximum absolute atomic E-state index is 10.7. The lowest BCUT2D eigenvalue weighted by atomic mass is 10.5. The molecule has 1 N–H and O–H groups in total. The number of allylic oxidation sites excluding steroid dienone is 1. The average Bonchev–Trinajstić information content (AvgIpc) is 2.03. The Morgan fingerprint density at radius 3 is 2.77 bits per heavy atom. The van der Waals surface area contributed by atoms with E-state index in [4.69, 9.17) is 4.89 Å². The third kappa shape index (κ3) is 9.14. The van der Waals surface area contributed by atoms with Gasteiger partial charge in [-0.2, -0.15) is 0 Å². The molecule has 0 fully saturated rings. The average molecular weight is 207 g/mol. The highest BCUT2D eigenvalue weighted by Gasteiger charge is 2.10. The number of hydrogen-bond donors (Lipinski definition) is 1. The fourth-order valence-corrected chi connectivity index (χ4v) is 0.844.